The highest BCUT2D eigenvalue weighted by Crippen LogP contribution is 2.34. The third-order valence-corrected chi connectivity index (χ3v) is 2.94. The largest absolute Gasteiger partial charge is 0.480 e. The fraction of sp³-hybridized carbons (Fsp3) is 0.900. The number of likely N-dealkylation sites (tertiary alicyclic amines) is 1. The first-order chi connectivity index (χ1) is 6.45. The van der Waals surface area contributed by atoms with Crippen LogP contribution in [0.3, 0.4) is 0 Å². The Morgan fingerprint density at radius 2 is 2.29 bits per heavy atom. The Bertz CT molecular complexity index is 215. The summed E-state index contributed by atoms with van der Waals surface area (Å²) in [5.74, 6) is -0.314. The zero-order valence-electron chi connectivity index (χ0n) is 9.12. The van der Waals surface area contributed by atoms with Gasteiger partial charge in [0.2, 0.25) is 0 Å². The molecule has 0 bridgehead atoms. The third-order valence-electron chi connectivity index (χ3n) is 2.94. The topological polar surface area (TPSA) is 49.8 Å². The van der Waals surface area contributed by atoms with Gasteiger partial charge in [-0.25, -0.2) is 0 Å². The first-order valence-electron chi connectivity index (χ1n) is 4.89. The van der Waals surface area contributed by atoms with Crippen LogP contribution in [0.15, 0.2) is 0 Å². The average molecular weight is 201 g/mol. The van der Waals surface area contributed by atoms with Crippen LogP contribution in [0.2, 0.25) is 0 Å². The highest BCUT2D eigenvalue weighted by Gasteiger charge is 2.39. The molecule has 0 amide bonds. The van der Waals surface area contributed by atoms with Crippen LogP contribution in [0, 0.1) is 11.3 Å². The molecule has 1 saturated heterocycles. The Morgan fingerprint density at radius 3 is 2.79 bits per heavy atom. The van der Waals surface area contributed by atoms with Gasteiger partial charge >= 0.3 is 5.97 Å². The predicted octanol–water partition coefficient (Wildman–Crippen LogP) is 0.675. The molecule has 82 valence electrons. The quantitative estimate of drug-likeness (QED) is 0.726. The Hall–Kier alpha value is -0.610. The van der Waals surface area contributed by atoms with Crippen molar-refractivity contribution in [3.63, 3.8) is 0 Å². The number of hydrogen-bond donors (Lipinski definition) is 1. The number of carboxylic acids is 1. The van der Waals surface area contributed by atoms with Gasteiger partial charge in [-0.2, -0.15) is 0 Å². The first kappa shape index (κ1) is 11.5. The van der Waals surface area contributed by atoms with Gasteiger partial charge in [0.25, 0.3) is 0 Å². The average Bonchev–Trinajstić information content (AvgIpc) is 2.25. The molecular weight excluding hydrogens is 182 g/mol. The van der Waals surface area contributed by atoms with Gasteiger partial charge in [-0.3, -0.25) is 9.69 Å². The van der Waals surface area contributed by atoms with Crippen molar-refractivity contribution in [1.82, 2.24) is 4.90 Å². The fourth-order valence-corrected chi connectivity index (χ4v) is 2.12. The fourth-order valence-electron chi connectivity index (χ4n) is 2.12. The lowest BCUT2D eigenvalue weighted by Crippen LogP contribution is -2.28. The van der Waals surface area contributed by atoms with Gasteiger partial charge in [-0.05, 0) is 5.41 Å². The van der Waals surface area contributed by atoms with E-state index in [1.807, 2.05) is 4.90 Å². The number of aliphatic carboxylic acids is 1. The Balaban J connectivity index is 2.52. The maximum absolute atomic E-state index is 10.6. The van der Waals surface area contributed by atoms with E-state index in [1.54, 1.807) is 7.11 Å². The number of carboxylic acid groups (broad SMARTS) is 1. The van der Waals surface area contributed by atoms with Crippen molar-refractivity contribution in [2.75, 3.05) is 33.4 Å². The molecule has 14 heavy (non-hydrogen) atoms. The summed E-state index contributed by atoms with van der Waals surface area (Å²) in [7, 11) is 1.69. The normalized spacial score (nSPS) is 26.6. The van der Waals surface area contributed by atoms with Crippen LogP contribution in [0.1, 0.15) is 13.8 Å². The molecular formula is C10H19NO3. The van der Waals surface area contributed by atoms with Gasteiger partial charge < -0.3 is 9.84 Å². The van der Waals surface area contributed by atoms with E-state index >= 15 is 0 Å². The maximum atomic E-state index is 10.6. The van der Waals surface area contributed by atoms with E-state index in [4.69, 9.17) is 9.84 Å². The van der Waals surface area contributed by atoms with E-state index in [9.17, 15) is 4.79 Å². The van der Waals surface area contributed by atoms with Crippen molar-refractivity contribution in [3.8, 4) is 0 Å². The minimum atomic E-state index is -0.751. The second kappa shape index (κ2) is 4.28. The molecule has 1 fully saturated rings. The van der Waals surface area contributed by atoms with Gasteiger partial charge in [0.05, 0.1) is 13.2 Å². The summed E-state index contributed by atoms with van der Waals surface area (Å²) in [4.78, 5) is 12.5. The second-order valence-electron chi connectivity index (χ2n) is 4.70. The lowest BCUT2D eigenvalue weighted by atomic mass is 9.83. The molecule has 4 nitrogen and oxygen atoms in total. The number of nitrogens with zero attached hydrogens (tertiary/aromatic N) is 1. The smallest absolute Gasteiger partial charge is 0.317 e. The first-order valence-corrected chi connectivity index (χ1v) is 4.89. The van der Waals surface area contributed by atoms with Crippen LogP contribution in [-0.2, 0) is 9.53 Å². The zero-order valence-corrected chi connectivity index (χ0v) is 9.12. The third kappa shape index (κ3) is 2.69. The molecule has 0 aliphatic carbocycles. The van der Waals surface area contributed by atoms with E-state index in [-0.39, 0.29) is 12.0 Å². The molecule has 1 heterocycles. The highest BCUT2D eigenvalue weighted by molar-refractivity contribution is 5.69. The minimum Gasteiger partial charge on any atom is -0.480 e. The van der Waals surface area contributed by atoms with Crippen LogP contribution < -0.4 is 0 Å². The van der Waals surface area contributed by atoms with Gasteiger partial charge in [0, 0.05) is 26.1 Å². The van der Waals surface area contributed by atoms with Gasteiger partial charge in [-0.15, -0.1) is 0 Å². The molecule has 0 spiro atoms. The van der Waals surface area contributed by atoms with Crippen molar-refractivity contribution < 1.29 is 14.6 Å². The lowest BCUT2D eigenvalue weighted by molar-refractivity contribution is -0.138. The number of rotatable bonds is 4. The molecule has 1 atom stereocenters. The summed E-state index contributed by atoms with van der Waals surface area (Å²) in [5.41, 5.74) is 0.158. The molecule has 0 aromatic heterocycles. The SMILES string of the molecule is COCC1CN(CC(=O)O)CC1(C)C. The van der Waals surface area contributed by atoms with Crippen molar-refractivity contribution >= 4 is 5.97 Å². The molecule has 0 aromatic carbocycles. The summed E-state index contributed by atoms with van der Waals surface area (Å²) >= 11 is 0. The Kier molecular flexibility index (Phi) is 3.50. The van der Waals surface area contributed by atoms with Crippen molar-refractivity contribution in [3.05, 3.63) is 0 Å². The molecule has 1 rings (SSSR count). The number of methoxy groups -OCH3 is 1. The predicted molar refractivity (Wildman–Crippen MR) is 53.2 cm³/mol. The van der Waals surface area contributed by atoms with E-state index in [1.165, 1.54) is 0 Å². The van der Waals surface area contributed by atoms with E-state index in [0.29, 0.717) is 12.5 Å². The van der Waals surface area contributed by atoms with Crippen LogP contribution in [0.4, 0.5) is 0 Å². The van der Waals surface area contributed by atoms with Crippen LogP contribution >= 0.6 is 0 Å². The standard InChI is InChI=1S/C10H19NO3/c1-10(2)7-11(5-9(12)13)4-8(10)6-14-3/h8H,4-7H2,1-3H3,(H,12,13). The summed E-state index contributed by atoms with van der Waals surface area (Å²) in [6.07, 6.45) is 0. The van der Waals surface area contributed by atoms with Gasteiger partial charge in [0.15, 0.2) is 0 Å². The van der Waals surface area contributed by atoms with E-state index in [0.717, 1.165) is 13.1 Å². The summed E-state index contributed by atoms with van der Waals surface area (Å²) in [5, 5.41) is 8.69. The van der Waals surface area contributed by atoms with Crippen molar-refractivity contribution in [2.24, 2.45) is 11.3 Å². The summed E-state index contributed by atoms with van der Waals surface area (Å²) in [6.45, 7) is 6.85. The minimum absolute atomic E-state index is 0.143. The molecule has 4 heteroatoms. The molecule has 1 aliphatic heterocycles. The van der Waals surface area contributed by atoms with Crippen molar-refractivity contribution in [2.45, 2.75) is 13.8 Å². The number of ether oxygens (including phenoxy) is 1. The van der Waals surface area contributed by atoms with E-state index in [2.05, 4.69) is 13.8 Å². The highest BCUT2D eigenvalue weighted by atomic mass is 16.5. The van der Waals surface area contributed by atoms with Crippen molar-refractivity contribution in [1.29, 1.82) is 0 Å². The van der Waals surface area contributed by atoms with Gasteiger partial charge in [-0.1, -0.05) is 13.8 Å². The summed E-state index contributed by atoms with van der Waals surface area (Å²) in [6, 6.07) is 0. The van der Waals surface area contributed by atoms with Crippen LogP contribution in [0.25, 0.3) is 0 Å². The molecule has 1 aliphatic rings. The Morgan fingerprint density at radius 1 is 1.64 bits per heavy atom. The Labute approximate surface area is 84.8 Å². The molecule has 0 aromatic rings. The maximum Gasteiger partial charge on any atom is 0.317 e. The summed E-state index contributed by atoms with van der Waals surface area (Å²) < 4.78 is 5.14. The second-order valence-corrected chi connectivity index (χ2v) is 4.70. The zero-order chi connectivity index (χ0) is 10.8. The molecule has 0 radical (unpaired) electrons. The van der Waals surface area contributed by atoms with Gasteiger partial charge in [0.1, 0.15) is 0 Å². The molecule has 1 unspecified atom stereocenters. The monoisotopic (exact) mass is 201 g/mol. The molecule has 1 N–H and O–H groups in total. The lowest BCUT2D eigenvalue weighted by Gasteiger charge is -2.24. The van der Waals surface area contributed by atoms with Crippen LogP contribution in [0.5, 0.6) is 0 Å². The molecule has 0 saturated carbocycles. The van der Waals surface area contributed by atoms with Crippen LogP contribution in [-0.4, -0.2) is 49.3 Å². The van der Waals surface area contributed by atoms with E-state index < -0.39 is 5.97 Å². The number of hydrogen-bond acceptors (Lipinski definition) is 3. The number of carbonyl (C=O) groups is 1.